The van der Waals surface area contributed by atoms with Gasteiger partial charge in [0.05, 0.1) is 11.1 Å². The van der Waals surface area contributed by atoms with Gasteiger partial charge in [0.25, 0.3) is 5.56 Å². The maximum absolute atomic E-state index is 12.6. The lowest BCUT2D eigenvalue weighted by atomic mass is 10.1. The fourth-order valence-electron chi connectivity index (χ4n) is 3.08. The number of aromatic nitrogens is 2. The van der Waals surface area contributed by atoms with E-state index in [1.807, 2.05) is 66.9 Å². The van der Waals surface area contributed by atoms with Gasteiger partial charge in [-0.15, -0.1) is 11.3 Å². The number of anilines is 1. The number of para-hydroxylation sites is 1. The first-order valence-electron chi connectivity index (χ1n) is 8.53. The van der Waals surface area contributed by atoms with Gasteiger partial charge in [-0.3, -0.25) is 9.59 Å². The lowest BCUT2D eigenvalue weighted by Crippen LogP contribution is -2.30. The zero-order valence-corrected chi connectivity index (χ0v) is 15.5. The van der Waals surface area contributed by atoms with Crippen molar-refractivity contribution in [2.45, 2.75) is 13.5 Å². The van der Waals surface area contributed by atoms with Gasteiger partial charge in [0.2, 0.25) is 5.91 Å². The first-order valence-corrected chi connectivity index (χ1v) is 9.40. The van der Waals surface area contributed by atoms with Crippen molar-refractivity contribution in [3.63, 3.8) is 0 Å². The molecule has 0 radical (unpaired) electrons. The van der Waals surface area contributed by atoms with E-state index in [9.17, 15) is 9.59 Å². The van der Waals surface area contributed by atoms with Crippen molar-refractivity contribution in [3.8, 4) is 10.4 Å². The van der Waals surface area contributed by atoms with Gasteiger partial charge >= 0.3 is 0 Å². The number of carbonyl (C=O) groups is 1. The van der Waals surface area contributed by atoms with Gasteiger partial charge in [0, 0.05) is 21.5 Å². The predicted octanol–water partition coefficient (Wildman–Crippen LogP) is 4.07. The normalized spacial score (nSPS) is 10.9. The number of fused-ring (bicyclic) bond motifs is 1. The van der Waals surface area contributed by atoms with E-state index in [0.29, 0.717) is 5.39 Å². The van der Waals surface area contributed by atoms with Crippen LogP contribution >= 0.6 is 11.3 Å². The summed E-state index contributed by atoms with van der Waals surface area (Å²) >= 11 is 1.61. The van der Waals surface area contributed by atoms with E-state index in [1.54, 1.807) is 17.4 Å². The van der Waals surface area contributed by atoms with Crippen LogP contribution in [0.5, 0.6) is 0 Å². The molecule has 2 heterocycles. The number of thiophene rings is 1. The minimum absolute atomic E-state index is 0.136. The Morgan fingerprint density at radius 2 is 1.78 bits per heavy atom. The Kier molecular flexibility index (Phi) is 4.56. The summed E-state index contributed by atoms with van der Waals surface area (Å²) in [6.45, 7) is 1.70. The Morgan fingerprint density at radius 1 is 1.04 bits per heavy atom. The van der Waals surface area contributed by atoms with Crippen LogP contribution in [0.3, 0.4) is 0 Å². The topological polar surface area (TPSA) is 64.0 Å². The highest BCUT2D eigenvalue weighted by Crippen LogP contribution is 2.31. The highest BCUT2D eigenvalue weighted by Gasteiger charge is 2.13. The van der Waals surface area contributed by atoms with Crippen LogP contribution in [0.15, 0.2) is 70.8 Å². The molecule has 1 N–H and O–H groups in total. The molecule has 1 amide bonds. The molecule has 2 aromatic heterocycles. The standard InChI is InChI=1S/C21H17N3O2S/c1-14-15-7-2-3-8-16(15)21(26)24(23-14)13-20(25)22-18-10-5-4-9-17(18)19-11-6-12-27-19/h2-12H,13H2,1H3,(H,22,25). The fraction of sp³-hybridized carbons (Fsp3) is 0.0952. The molecule has 0 spiro atoms. The highest BCUT2D eigenvalue weighted by molar-refractivity contribution is 7.13. The maximum atomic E-state index is 12.6. The number of aryl methyl sites for hydroxylation is 1. The third-order valence-corrected chi connectivity index (χ3v) is 5.24. The maximum Gasteiger partial charge on any atom is 0.275 e. The summed E-state index contributed by atoms with van der Waals surface area (Å²) in [6.07, 6.45) is 0. The van der Waals surface area contributed by atoms with E-state index in [2.05, 4.69) is 10.4 Å². The second-order valence-corrected chi connectivity index (χ2v) is 7.11. The van der Waals surface area contributed by atoms with Crippen molar-refractivity contribution in [1.29, 1.82) is 0 Å². The van der Waals surface area contributed by atoms with Crippen LogP contribution in [-0.4, -0.2) is 15.7 Å². The van der Waals surface area contributed by atoms with Gasteiger partial charge in [-0.05, 0) is 30.5 Å². The molecule has 4 aromatic rings. The second kappa shape index (κ2) is 7.17. The van der Waals surface area contributed by atoms with Crippen LogP contribution < -0.4 is 10.9 Å². The van der Waals surface area contributed by atoms with E-state index >= 15 is 0 Å². The largest absolute Gasteiger partial charge is 0.324 e. The van der Waals surface area contributed by atoms with Crippen molar-refractivity contribution >= 4 is 33.7 Å². The van der Waals surface area contributed by atoms with Crippen LogP contribution in [0.1, 0.15) is 5.69 Å². The average Bonchev–Trinajstić information content (AvgIpc) is 3.21. The molecule has 0 aliphatic carbocycles. The fourth-order valence-corrected chi connectivity index (χ4v) is 3.84. The summed E-state index contributed by atoms with van der Waals surface area (Å²) in [5.41, 5.74) is 2.13. The summed E-state index contributed by atoms with van der Waals surface area (Å²) in [6, 6.07) is 18.9. The quantitative estimate of drug-likeness (QED) is 0.585. The van der Waals surface area contributed by atoms with Crippen LogP contribution in [0.4, 0.5) is 5.69 Å². The molecule has 0 fully saturated rings. The first-order chi connectivity index (χ1) is 13.1. The SMILES string of the molecule is Cc1nn(CC(=O)Nc2ccccc2-c2cccs2)c(=O)c2ccccc12. The van der Waals surface area contributed by atoms with Crippen LogP contribution in [-0.2, 0) is 11.3 Å². The molecule has 0 aliphatic rings. The van der Waals surface area contributed by atoms with Gasteiger partial charge in [-0.1, -0.05) is 42.5 Å². The molecule has 0 bridgehead atoms. The second-order valence-electron chi connectivity index (χ2n) is 6.16. The summed E-state index contributed by atoms with van der Waals surface area (Å²) < 4.78 is 1.22. The van der Waals surface area contributed by atoms with Gasteiger partial charge in [0.1, 0.15) is 6.54 Å². The number of benzene rings is 2. The number of nitrogens with zero attached hydrogens (tertiary/aromatic N) is 2. The summed E-state index contributed by atoms with van der Waals surface area (Å²) in [4.78, 5) is 26.3. The van der Waals surface area contributed by atoms with Crippen molar-refractivity contribution in [3.05, 3.63) is 82.1 Å². The molecule has 0 unspecified atom stereocenters. The van der Waals surface area contributed by atoms with E-state index in [4.69, 9.17) is 0 Å². The van der Waals surface area contributed by atoms with Gasteiger partial charge in [-0.2, -0.15) is 5.10 Å². The van der Waals surface area contributed by atoms with E-state index in [1.165, 1.54) is 4.68 Å². The van der Waals surface area contributed by atoms with E-state index in [-0.39, 0.29) is 18.0 Å². The van der Waals surface area contributed by atoms with Crippen LogP contribution in [0, 0.1) is 6.92 Å². The monoisotopic (exact) mass is 375 g/mol. The Labute approximate surface area is 159 Å². The molecular weight excluding hydrogens is 358 g/mol. The number of nitrogens with one attached hydrogen (secondary N) is 1. The number of carbonyl (C=O) groups excluding carboxylic acids is 1. The van der Waals surface area contributed by atoms with E-state index < -0.39 is 0 Å². The molecule has 27 heavy (non-hydrogen) atoms. The molecule has 0 aliphatic heterocycles. The Balaban J connectivity index is 1.62. The number of rotatable bonds is 4. The number of amides is 1. The lowest BCUT2D eigenvalue weighted by Gasteiger charge is -2.11. The molecule has 0 saturated carbocycles. The van der Waals surface area contributed by atoms with Crippen molar-refractivity contribution in [2.24, 2.45) is 0 Å². The zero-order valence-electron chi connectivity index (χ0n) is 14.7. The Bertz CT molecular complexity index is 1180. The molecule has 134 valence electrons. The van der Waals surface area contributed by atoms with Crippen molar-refractivity contribution < 1.29 is 4.79 Å². The lowest BCUT2D eigenvalue weighted by molar-refractivity contribution is -0.117. The van der Waals surface area contributed by atoms with E-state index in [0.717, 1.165) is 27.2 Å². The third kappa shape index (κ3) is 3.39. The summed E-state index contributed by atoms with van der Waals surface area (Å²) in [5, 5.41) is 10.6. The average molecular weight is 375 g/mol. The molecule has 6 heteroatoms. The van der Waals surface area contributed by atoms with Gasteiger partial charge in [-0.25, -0.2) is 4.68 Å². The first kappa shape index (κ1) is 17.2. The number of hydrogen-bond donors (Lipinski definition) is 1. The minimum Gasteiger partial charge on any atom is -0.324 e. The Hall–Kier alpha value is -3.25. The van der Waals surface area contributed by atoms with Crippen molar-refractivity contribution in [2.75, 3.05) is 5.32 Å². The smallest absolute Gasteiger partial charge is 0.275 e. The van der Waals surface area contributed by atoms with Crippen LogP contribution in [0.25, 0.3) is 21.2 Å². The predicted molar refractivity (Wildman–Crippen MR) is 109 cm³/mol. The van der Waals surface area contributed by atoms with Gasteiger partial charge < -0.3 is 5.32 Å². The highest BCUT2D eigenvalue weighted by atomic mass is 32.1. The molecular formula is C21H17N3O2S. The zero-order chi connectivity index (χ0) is 18.8. The third-order valence-electron chi connectivity index (χ3n) is 4.33. The molecule has 0 atom stereocenters. The summed E-state index contributed by atoms with van der Waals surface area (Å²) in [7, 11) is 0. The molecule has 5 nitrogen and oxygen atoms in total. The van der Waals surface area contributed by atoms with Crippen LogP contribution in [0.2, 0.25) is 0 Å². The Morgan fingerprint density at radius 3 is 2.56 bits per heavy atom. The molecule has 0 saturated heterocycles. The summed E-state index contributed by atoms with van der Waals surface area (Å²) in [5.74, 6) is -0.289. The minimum atomic E-state index is -0.289. The van der Waals surface area contributed by atoms with Gasteiger partial charge in [0.15, 0.2) is 0 Å². The van der Waals surface area contributed by atoms with Crippen molar-refractivity contribution in [1.82, 2.24) is 9.78 Å². The molecule has 4 rings (SSSR count). The molecule has 2 aromatic carbocycles. The number of hydrogen-bond acceptors (Lipinski definition) is 4.